The fourth-order valence-corrected chi connectivity index (χ4v) is 3.27. The summed E-state index contributed by atoms with van der Waals surface area (Å²) in [5, 5.41) is 2.57. The van der Waals surface area contributed by atoms with Crippen LogP contribution < -0.4 is 5.32 Å². The SMILES string of the molecule is O=C(NCc1ccc(F)cc1C(F)(F)F)C1(c2cccc(Br)c2)CC1. The van der Waals surface area contributed by atoms with E-state index in [2.05, 4.69) is 21.2 Å². The van der Waals surface area contributed by atoms with E-state index in [1.807, 2.05) is 24.3 Å². The minimum atomic E-state index is -4.68. The summed E-state index contributed by atoms with van der Waals surface area (Å²) in [5.41, 5.74) is -1.09. The summed E-state index contributed by atoms with van der Waals surface area (Å²) >= 11 is 3.35. The van der Waals surface area contributed by atoms with E-state index in [-0.39, 0.29) is 18.0 Å². The molecule has 1 amide bonds. The number of alkyl halides is 3. The number of rotatable bonds is 4. The van der Waals surface area contributed by atoms with E-state index in [9.17, 15) is 22.4 Å². The second-order valence-corrected chi connectivity index (χ2v) is 6.99. The highest BCUT2D eigenvalue weighted by Crippen LogP contribution is 2.49. The number of hydrogen-bond donors (Lipinski definition) is 1. The summed E-state index contributed by atoms with van der Waals surface area (Å²) in [6, 6.07) is 9.78. The zero-order valence-electron chi connectivity index (χ0n) is 13.0. The molecule has 0 radical (unpaired) electrons. The lowest BCUT2D eigenvalue weighted by Crippen LogP contribution is -2.34. The van der Waals surface area contributed by atoms with Crippen LogP contribution in [0.25, 0.3) is 0 Å². The van der Waals surface area contributed by atoms with Crippen molar-refractivity contribution in [1.29, 1.82) is 0 Å². The molecule has 1 aliphatic carbocycles. The molecule has 0 saturated heterocycles. The molecule has 1 N–H and O–H groups in total. The normalized spacial score (nSPS) is 15.7. The van der Waals surface area contributed by atoms with Crippen LogP contribution in [0.3, 0.4) is 0 Å². The molecule has 1 fully saturated rings. The topological polar surface area (TPSA) is 29.1 Å². The summed E-state index contributed by atoms with van der Waals surface area (Å²) in [6.07, 6.45) is -3.39. The number of benzene rings is 2. The maximum absolute atomic E-state index is 13.1. The van der Waals surface area contributed by atoms with Crippen molar-refractivity contribution in [3.05, 3.63) is 69.4 Å². The minimum absolute atomic E-state index is 0.160. The zero-order chi connectivity index (χ0) is 18.2. The van der Waals surface area contributed by atoms with Crippen molar-refractivity contribution >= 4 is 21.8 Å². The highest BCUT2D eigenvalue weighted by atomic mass is 79.9. The van der Waals surface area contributed by atoms with Crippen LogP contribution in [-0.4, -0.2) is 5.91 Å². The Bertz CT molecular complexity index is 815. The molecule has 2 aromatic rings. The summed E-state index contributed by atoms with van der Waals surface area (Å²) in [5.74, 6) is -1.28. The Morgan fingerprint density at radius 1 is 1.16 bits per heavy atom. The molecule has 0 unspecified atom stereocenters. The van der Waals surface area contributed by atoms with Gasteiger partial charge in [0.15, 0.2) is 0 Å². The van der Waals surface area contributed by atoms with Gasteiger partial charge < -0.3 is 5.32 Å². The van der Waals surface area contributed by atoms with Gasteiger partial charge in [0, 0.05) is 11.0 Å². The molecular formula is C18H14BrF4NO. The van der Waals surface area contributed by atoms with Crippen LogP contribution in [0.1, 0.15) is 29.5 Å². The molecule has 7 heteroatoms. The average Bonchev–Trinajstić information content (AvgIpc) is 3.34. The fourth-order valence-electron chi connectivity index (χ4n) is 2.87. The van der Waals surface area contributed by atoms with Gasteiger partial charge in [-0.25, -0.2) is 4.39 Å². The van der Waals surface area contributed by atoms with Crippen molar-refractivity contribution in [1.82, 2.24) is 5.32 Å². The third-order valence-electron chi connectivity index (χ3n) is 4.38. The molecular weight excluding hydrogens is 402 g/mol. The Morgan fingerprint density at radius 2 is 1.88 bits per heavy atom. The Kier molecular flexibility index (Phi) is 4.62. The van der Waals surface area contributed by atoms with Gasteiger partial charge in [0.1, 0.15) is 5.82 Å². The lowest BCUT2D eigenvalue weighted by atomic mass is 9.95. The molecule has 1 saturated carbocycles. The Balaban J connectivity index is 1.78. The van der Waals surface area contributed by atoms with Crippen molar-refractivity contribution in [3.63, 3.8) is 0 Å². The maximum Gasteiger partial charge on any atom is 0.416 e. The highest BCUT2D eigenvalue weighted by molar-refractivity contribution is 9.10. The molecule has 1 aliphatic rings. The first kappa shape index (κ1) is 17.9. The summed E-state index contributed by atoms with van der Waals surface area (Å²) in [7, 11) is 0. The van der Waals surface area contributed by atoms with E-state index in [4.69, 9.17) is 0 Å². The van der Waals surface area contributed by atoms with Crippen molar-refractivity contribution in [2.75, 3.05) is 0 Å². The zero-order valence-corrected chi connectivity index (χ0v) is 14.5. The highest BCUT2D eigenvalue weighted by Gasteiger charge is 2.51. The van der Waals surface area contributed by atoms with Gasteiger partial charge in [-0.1, -0.05) is 34.1 Å². The number of hydrogen-bond acceptors (Lipinski definition) is 1. The van der Waals surface area contributed by atoms with Crippen LogP contribution >= 0.6 is 15.9 Å². The summed E-state index contributed by atoms with van der Waals surface area (Å²) < 4.78 is 53.0. The molecule has 0 aliphatic heterocycles. The Morgan fingerprint density at radius 3 is 2.48 bits per heavy atom. The minimum Gasteiger partial charge on any atom is -0.351 e. The average molecular weight is 416 g/mol. The molecule has 3 rings (SSSR count). The Hall–Kier alpha value is -1.89. The number of carbonyl (C=O) groups is 1. The predicted octanol–water partition coefficient (Wildman–Crippen LogP) is 4.96. The first-order valence-corrected chi connectivity index (χ1v) is 8.42. The number of amides is 1. The number of carbonyl (C=O) groups excluding carboxylic acids is 1. The lowest BCUT2D eigenvalue weighted by Gasteiger charge is -2.18. The number of halogens is 5. The first-order chi connectivity index (χ1) is 11.7. The van der Waals surface area contributed by atoms with Crippen LogP contribution in [0.15, 0.2) is 46.9 Å². The molecule has 132 valence electrons. The van der Waals surface area contributed by atoms with E-state index in [0.717, 1.165) is 22.2 Å². The summed E-state index contributed by atoms with van der Waals surface area (Å²) in [4.78, 5) is 12.6. The van der Waals surface area contributed by atoms with E-state index >= 15 is 0 Å². The predicted molar refractivity (Wildman–Crippen MR) is 88.3 cm³/mol. The third-order valence-corrected chi connectivity index (χ3v) is 4.87. The molecule has 0 bridgehead atoms. The van der Waals surface area contributed by atoms with Gasteiger partial charge in [-0.2, -0.15) is 13.2 Å². The second kappa shape index (κ2) is 6.44. The van der Waals surface area contributed by atoms with Crippen LogP contribution in [-0.2, 0) is 22.9 Å². The van der Waals surface area contributed by atoms with Crippen molar-refractivity contribution in [2.45, 2.75) is 31.0 Å². The molecule has 0 aromatic heterocycles. The standard InChI is InChI=1S/C18H14BrF4NO/c19-13-3-1-2-12(8-13)17(6-7-17)16(25)24-10-11-4-5-14(20)9-15(11)18(21,22)23/h1-5,8-9H,6-7,10H2,(H,24,25). The molecule has 0 heterocycles. The fraction of sp³-hybridized carbons (Fsp3) is 0.278. The van der Waals surface area contributed by atoms with Crippen LogP contribution in [0.5, 0.6) is 0 Å². The largest absolute Gasteiger partial charge is 0.416 e. The number of nitrogens with one attached hydrogen (secondary N) is 1. The van der Waals surface area contributed by atoms with Crippen molar-refractivity contribution < 1.29 is 22.4 Å². The van der Waals surface area contributed by atoms with E-state index in [1.54, 1.807) is 0 Å². The van der Waals surface area contributed by atoms with Gasteiger partial charge in [-0.15, -0.1) is 0 Å². The van der Waals surface area contributed by atoms with Gasteiger partial charge in [-0.3, -0.25) is 4.79 Å². The van der Waals surface area contributed by atoms with Crippen LogP contribution in [0, 0.1) is 5.82 Å². The van der Waals surface area contributed by atoms with E-state index < -0.39 is 23.0 Å². The van der Waals surface area contributed by atoms with E-state index in [0.29, 0.717) is 18.9 Å². The van der Waals surface area contributed by atoms with Gasteiger partial charge in [0.05, 0.1) is 11.0 Å². The second-order valence-electron chi connectivity index (χ2n) is 6.07. The molecule has 2 nitrogen and oxygen atoms in total. The first-order valence-electron chi connectivity index (χ1n) is 7.62. The molecule has 2 aromatic carbocycles. The summed E-state index contributed by atoms with van der Waals surface area (Å²) in [6.45, 7) is -0.302. The smallest absolute Gasteiger partial charge is 0.351 e. The van der Waals surface area contributed by atoms with Crippen molar-refractivity contribution in [2.24, 2.45) is 0 Å². The molecule has 0 spiro atoms. The lowest BCUT2D eigenvalue weighted by molar-refractivity contribution is -0.138. The van der Waals surface area contributed by atoms with Gasteiger partial charge in [0.25, 0.3) is 0 Å². The monoisotopic (exact) mass is 415 g/mol. The molecule has 0 atom stereocenters. The maximum atomic E-state index is 13.1. The third kappa shape index (κ3) is 3.71. The van der Waals surface area contributed by atoms with E-state index in [1.165, 1.54) is 0 Å². The molecule has 25 heavy (non-hydrogen) atoms. The van der Waals surface area contributed by atoms with Crippen LogP contribution in [0.2, 0.25) is 0 Å². The van der Waals surface area contributed by atoms with Gasteiger partial charge >= 0.3 is 6.18 Å². The quantitative estimate of drug-likeness (QED) is 0.702. The van der Waals surface area contributed by atoms with Crippen LogP contribution in [0.4, 0.5) is 17.6 Å². The Labute approximate surface area is 150 Å². The van der Waals surface area contributed by atoms with Gasteiger partial charge in [-0.05, 0) is 48.2 Å². The van der Waals surface area contributed by atoms with Gasteiger partial charge in [0.2, 0.25) is 5.91 Å². The van der Waals surface area contributed by atoms with Crippen molar-refractivity contribution in [3.8, 4) is 0 Å².